The van der Waals surface area contributed by atoms with Gasteiger partial charge in [-0.3, -0.25) is 4.79 Å². The number of rotatable bonds is 4. The summed E-state index contributed by atoms with van der Waals surface area (Å²) < 4.78 is 22.2. The fourth-order valence-corrected chi connectivity index (χ4v) is 2.29. The summed E-state index contributed by atoms with van der Waals surface area (Å²) in [4.78, 5) is 12.1. The summed E-state index contributed by atoms with van der Waals surface area (Å²) in [5, 5.41) is 5.91. The van der Waals surface area contributed by atoms with Crippen molar-refractivity contribution in [1.82, 2.24) is 5.32 Å². The molecule has 0 atom stereocenters. The molecule has 1 heterocycles. The molecule has 0 saturated heterocycles. The second-order valence-electron chi connectivity index (χ2n) is 5.76. The zero-order valence-electron chi connectivity index (χ0n) is 12.0. The Morgan fingerprint density at radius 3 is 2.75 bits per heavy atom. The van der Waals surface area contributed by atoms with E-state index in [1.54, 1.807) is 19.9 Å². The minimum Gasteiger partial charge on any atom is -0.384 e. The number of amides is 1. The van der Waals surface area contributed by atoms with Gasteiger partial charge in [0.25, 0.3) is 5.91 Å². The largest absolute Gasteiger partial charge is 0.384 e. The Balaban J connectivity index is 2.06. The van der Waals surface area contributed by atoms with Gasteiger partial charge in [-0.2, -0.15) is 0 Å². The molecule has 0 bridgehead atoms. The Morgan fingerprint density at radius 1 is 1.40 bits per heavy atom. The van der Waals surface area contributed by atoms with Crippen LogP contribution in [0.5, 0.6) is 0 Å². The zero-order valence-corrected chi connectivity index (χ0v) is 12.8. The number of hydrogen-bond acceptors (Lipinski definition) is 4. The van der Waals surface area contributed by atoms with Crippen molar-refractivity contribution in [1.29, 1.82) is 0 Å². The van der Waals surface area contributed by atoms with Crippen LogP contribution in [0.1, 0.15) is 29.8 Å². The van der Waals surface area contributed by atoms with E-state index in [1.165, 1.54) is 11.8 Å². The Kier molecular flexibility index (Phi) is 3.77. The minimum atomic E-state index is -3.22. The number of nitrogens with one attached hydrogen (secondary N) is 2. The van der Waals surface area contributed by atoms with Gasteiger partial charge in [-0.05, 0) is 38.0 Å². The van der Waals surface area contributed by atoms with Gasteiger partial charge >= 0.3 is 0 Å². The standard InChI is InChI=1S/C14H20N2O3S/c1-14(2,20(3,18)19)9-16-13(17)11-5-4-10-6-7-15-12(10)8-11/h4-5,8,15H,6-7,9H2,1-3H3,(H,16,17). The summed E-state index contributed by atoms with van der Waals surface area (Å²) >= 11 is 0. The van der Waals surface area contributed by atoms with Crippen LogP contribution < -0.4 is 10.6 Å². The molecule has 2 N–H and O–H groups in total. The van der Waals surface area contributed by atoms with Gasteiger partial charge in [0.2, 0.25) is 0 Å². The maximum Gasteiger partial charge on any atom is 0.251 e. The molecular formula is C14H20N2O3S. The third-order valence-electron chi connectivity index (χ3n) is 3.76. The molecule has 1 aromatic rings. The lowest BCUT2D eigenvalue weighted by Gasteiger charge is -2.22. The third kappa shape index (κ3) is 2.95. The summed E-state index contributed by atoms with van der Waals surface area (Å²) in [5.41, 5.74) is 2.74. The van der Waals surface area contributed by atoms with Gasteiger partial charge in [0.1, 0.15) is 0 Å². The SMILES string of the molecule is CC(C)(CNC(=O)c1ccc2c(c1)NCC2)S(C)(=O)=O. The van der Waals surface area contributed by atoms with Crippen molar-refractivity contribution in [3.63, 3.8) is 0 Å². The van der Waals surface area contributed by atoms with Gasteiger partial charge in [0.05, 0.1) is 4.75 Å². The molecule has 0 aliphatic carbocycles. The Morgan fingerprint density at radius 2 is 2.10 bits per heavy atom. The van der Waals surface area contributed by atoms with E-state index in [-0.39, 0.29) is 12.5 Å². The van der Waals surface area contributed by atoms with Gasteiger partial charge in [0, 0.05) is 30.6 Å². The van der Waals surface area contributed by atoms with Crippen molar-refractivity contribution in [3.05, 3.63) is 29.3 Å². The van der Waals surface area contributed by atoms with Crippen LogP contribution in [0.15, 0.2) is 18.2 Å². The molecule has 1 amide bonds. The molecule has 1 aromatic carbocycles. The van der Waals surface area contributed by atoms with E-state index in [0.29, 0.717) is 5.56 Å². The van der Waals surface area contributed by atoms with Crippen molar-refractivity contribution in [3.8, 4) is 0 Å². The Hall–Kier alpha value is -1.56. The number of carbonyl (C=O) groups is 1. The van der Waals surface area contributed by atoms with E-state index in [9.17, 15) is 13.2 Å². The predicted molar refractivity (Wildman–Crippen MR) is 79.9 cm³/mol. The van der Waals surface area contributed by atoms with Gasteiger partial charge in [-0.1, -0.05) is 6.07 Å². The number of benzene rings is 1. The van der Waals surface area contributed by atoms with E-state index < -0.39 is 14.6 Å². The first-order chi connectivity index (χ1) is 9.21. The maximum absolute atomic E-state index is 12.1. The molecule has 0 saturated carbocycles. The first-order valence-electron chi connectivity index (χ1n) is 6.55. The lowest BCUT2D eigenvalue weighted by atomic mass is 10.1. The average Bonchev–Trinajstić information content (AvgIpc) is 2.81. The van der Waals surface area contributed by atoms with E-state index in [1.807, 2.05) is 12.1 Å². The monoisotopic (exact) mass is 296 g/mol. The fraction of sp³-hybridized carbons (Fsp3) is 0.500. The predicted octanol–water partition coefficient (Wildman–Crippen LogP) is 1.21. The van der Waals surface area contributed by atoms with Crippen molar-refractivity contribution in [2.75, 3.05) is 24.7 Å². The van der Waals surface area contributed by atoms with E-state index >= 15 is 0 Å². The average molecular weight is 296 g/mol. The summed E-state index contributed by atoms with van der Waals surface area (Å²) in [6.45, 7) is 4.19. The second kappa shape index (κ2) is 5.09. The van der Waals surface area contributed by atoms with Crippen LogP contribution in [0.3, 0.4) is 0 Å². The molecule has 110 valence electrons. The zero-order chi connectivity index (χ0) is 15.0. The lowest BCUT2D eigenvalue weighted by molar-refractivity contribution is 0.0950. The van der Waals surface area contributed by atoms with Crippen molar-refractivity contribution in [2.45, 2.75) is 25.0 Å². The summed E-state index contributed by atoms with van der Waals surface area (Å²) in [7, 11) is -3.22. The number of sulfone groups is 1. The van der Waals surface area contributed by atoms with Crippen LogP contribution in [0.25, 0.3) is 0 Å². The van der Waals surface area contributed by atoms with Crippen LogP contribution >= 0.6 is 0 Å². The third-order valence-corrected chi connectivity index (χ3v) is 5.91. The molecule has 0 unspecified atom stereocenters. The molecule has 20 heavy (non-hydrogen) atoms. The summed E-state index contributed by atoms with van der Waals surface area (Å²) in [6, 6.07) is 5.52. The number of anilines is 1. The Labute approximate surface area is 119 Å². The van der Waals surface area contributed by atoms with Gasteiger partial charge in [-0.25, -0.2) is 8.42 Å². The van der Waals surface area contributed by atoms with Crippen LogP contribution in [0, 0.1) is 0 Å². The highest BCUT2D eigenvalue weighted by Gasteiger charge is 2.30. The first kappa shape index (κ1) is 14.8. The molecule has 2 rings (SSSR count). The molecule has 0 spiro atoms. The summed E-state index contributed by atoms with van der Waals surface area (Å²) in [5.74, 6) is -0.252. The maximum atomic E-state index is 12.1. The molecule has 6 heteroatoms. The van der Waals surface area contributed by atoms with Crippen molar-refractivity contribution >= 4 is 21.4 Å². The molecular weight excluding hydrogens is 276 g/mol. The molecule has 0 aromatic heterocycles. The first-order valence-corrected chi connectivity index (χ1v) is 8.44. The van der Waals surface area contributed by atoms with Crippen LogP contribution in [-0.2, 0) is 16.3 Å². The molecule has 0 fully saturated rings. The highest BCUT2D eigenvalue weighted by atomic mass is 32.2. The molecule has 5 nitrogen and oxygen atoms in total. The quantitative estimate of drug-likeness (QED) is 0.875. The van der Waals surface area contributed by atoms with E-state index in [2.05, 4.69) is 10.6 Å². The lowest BCUT2D eigenvalue weighted by Crippen LogP contribution is -2.43. The molecule has 1 aliphatic rings. The number of carbonyl (C=O) groups excluding carboxylic acids is 1. The highest BCUT2D eigenvalue weighted by molar-refractivity contribution is 7.92. The molecule has 1 aliphatic heterocycles. The Bertz CT molecular complexity index is 636. The summed E-state index contributed by atoms with van der Waals surface area (Å²) in [6.07, 6.45) is 2.15. The highest BCUT2D eigenvalue weighted by Crippen LogP contribution is 2.23. The van der Waals surface area contributed by atoms with Gasteiger partial charge < -0.3 is 10.6 Å². The van der Waals surface area contributed by atoms with Gasteiger partial charge in [-0.15, -0.1) is 0 Å². The van der Waals surface area contributed by atoms with Crippen LogP contribution in [0.4, 0.5) is 5.69 Å². The van der Waals surface area contributed by atoms with Gasteiger partial charge in [0.15, 0.2) is 9.84 Å². The van der Waals surface area contributed by atoms with Crippen molar-refractivity contribution < 1.29 is 13.2 Å². The van der Waals surface area contributed by atoms with Crippen molar-refractivity contribution in [2.24, 2.45) is 0 Å². The van der Waals surface area contributed by atoms with E-state index in [4.69, 9.17) is 0 Å². The smallest absolute Gasteiger partial charge is 0.251 e. The molecule has 0 radical (unpaired) electrons. The fourth-order valence-electron chi connectivity index (χ4n) is 1.96. The van der Waals surface area contributed by atoms with Crippen LogP contribution in [0.2, 0.25) is 0 Å². The number of fused-ring (bicyclic) bond motifs is 1. The number of hydrogen-bond donors (Lipinski definition) is 2. The second-order valence-corrected chi connectivity index (χ2v) is 8.41. The minimum absolute atomic E-state index is 0.0924. The topological polar surface area (TPSA) is 75.3 Å². The normalized spacial score (nSPS) is 14.6. The van der Waals surface area contributed by atoms with Crippen LogP contribution in [-0.4, -0.2) is 38.4 Å². The van der Waals surface area contributed by atoms with E-state index in [0.717, 1.165) is 18.7 Å².